The number of piperidine rings is 1. The van der Waals surface area contributed by atoms with Crippen LogP contribution in [0.4, 0.5) is 0 Å². The molecule has 28 heavy (non-hydrogen) atoms. The molecule has 3 N–H and O–H groups in total. The molecule has 0 aliphatic carbocycles. The van der Waals surface area contributed by atoms with Crippen molar-refractivity contribution in [1.29, 1.82) is 0 Å². The summed E-state index contributed by atoms with van der Waals surface area (Å²) in [4.78, 5) is 0. The molecule has 1 heterocycles. The molecule has 0 spiro atoms. The first kappa shape index (κ1) is 20.2. The van der Waals surface area contributed by atoms with Crippen LogP contribution in [0.3, 0.4) is 0 Å². The van der Waals surface area contributed by atoms with Crippen molar-refractivity contribution in [3.63, 3.8) is 0 Å². The normalized spacial score (nSPS) is 15.6. The zero-order valence-corrected chi connectivity index (χ0v) is 17.2. The lowest BCUT2D eigenvalue weighted by atomic mass is 9.94. The smallest absolute Gasteiger partial charge is 0.171 e. The highest BCUT2D eigenvalue weighted by atomic mass is 16.5. The summed E-state index contributed by atoms with van der Waals surface area (Å²) >= 11 is 0. The van der Waals surface area contributed by atoms with E-state index >= 15 is 0 Å². The molecule has 2 aromatic rings. The van der Waals surface area contributed by atoms with Gasteiger partial charge in [-0.25, -0.2) is 5.01 Å². The van der Waals surface area contributed by atoms with E-state index in [1.54, 1.807) is 0 Å². The van der Waals surface area contributed by atoms with Gasteiger partial charge in [0, 0.05) is 13.1 Å². The van der Waals surface area contributed by atoms with Gasteiger partial charge < -0.3 is 16.0 Å². The van der Waals surface area contributed by atoms with Crippen LogP contribution in [0.2, 0.25) is 0 Å². The number of nitrogens with two attached hydrogens (primary N) is 1. The number of hydrogen-bond donors (Lipinski definition) is 2. The second kappa shape index (κ2) is 9.60. The zero-order chi connectivity index (χ0) is 19.9. The largest absolute Gasteiger partial charge is 0.488 e. The van der Waals surface area contributed by atoms with Gasteiger partial charge in [-0.15, -0.1) is 0 Å². The third-order valence-corrected chi connectivity index (χ3v) is 5.23. The van der Waals surface area contributed by atoms with Crippen LogP contribution >= 0.6 is 0 Å². The van der Waals surface area contributed by atoms with Crippen molar-refractivity contribution in [3.05, 3.63) is 64.7 Å². The molecule has 3 rings (SSSR count). The third-order valence-electron chi connectivity index (χ3n) is 5.23. The molecule has 1 fully saturated rings. The average Bonchev–Trinajstić information content (AvgIpc) is 2.72. The Morgan fingerprint density at radius 3 is 2.50 bits per heavy atom. The van der Waals surface area contributed by atoms with E-state index in [4.69, 9.17) is 10.6 Å². The first-order valence-corrected chi connectivity index (χ1v) is 10.2. The molecule has 0 amide bonds. The minimum atomic E-state index is 0.413. The number of amidine groups is 1. The lowest BCUT2D eigenvalue weighted by Crippen LogP contribution is -2.45. The van der Waals surface area contributed by atoms with E-state index in [-0.39, 0.29) is 0 Å². The van der Waals surface area contributed by atoms with Gasteiger partial charge in [-0.2, -0.15) is 5.10 Å². The minimum Gasteiger partial charge on any atom is -0.488 e. The maximum atomic E-state index is 6.22. The van der Waals surface area contributed by atoms with Crippen LogP contribution in [0.5, 0.6) is 5.75 Å². The van der Waals surface area contributed by atoms with Gasteiger partial charge in [-0.1, -0.05) is 50.6 Å². The molecule has 0 unspecified atom stereocenters. The van der Waals surface area contributed by atoms with Gasteiger partial charge >= 0.3 is 0 Å². The molecule has 0 bridgehead atoms. The van der Waals surface area contributed by atoms with Crippen LogP contribution < -0.4 is 16.0 Å². The van der Waals surface area contributed by atoms with Gasteiger partial charge in [-0.3, -0.25) is 0 Å². The van der Waals surface area contributed by atoms with Crippen molar-refractivity contribution >= 4 is 5.84 Å². The number of ether oxygens (including phenoxy) is 1. The summed E-state index contributed by atoms with van der Waals surface area (Å²) in [6.45, 7) is 9.05. The Morgan fingerprint density at radius 1 is 1.14 bits per heavy atom. The molecule has 0 saturated carbocycles. The van der Waals surface area contributed by atoms with Crippen LogP contribution in [-0.2, 0) is 6.61 Å². The first-order chi connectivity index (χ1) is 13.6. The van der Waals surface area contributed by atoms with Crippen molar-refractivity contribution in [2.75, 3.05) is 13.1 Å². The van der Waals surface area contributed by atoms with E-state index in [9.17, 15) is 0 Å². The maximum absolute atomic E-state index is 6.22. The lowest BCUT2D eigenvalue weighted by molar-refractivity contribution is 0.194. The van der Waals surface area contributed by atoms with Gasteiger partial charge in [0.2, 0.25) is 0 Å². The topological polar surface area (TPSA) is 62.9 Å². The Labute approximate surface area is 168 Å². The van der Waals surface area contributed by atoms with E-state index in [1.807, 2.05) is 18.2 Å². The Hall–Kier alpha value is -2.53. The van der Waals surface area contributed by atoms with E-state index < -0.39 is 0 Å². The number of benzene rings is 2. The second-order valence-corrected chi connectivity index (χ2v) is 7.77. The average molecular weight is 381 g/mol. The SMILES string of the molecule is Cc1cc(OCc2ccccc2)c(/C(=N\N)NN2CCCCC2)cc1C(C)C. The molecule has 2 aromatic carbocycles. The highest BCUT2D eigenvalue weighted by Gasteiger charge is 2.19. The van der Waals surface area contributed by atoms with Crippen LogP contribution in [0.1, 0.15) is 61.3 Å². The van der Waals surface area contributed by atoms with Crippen molar-refractivity contribution < 1.29 is 4.74 Å². The van der Waals surface area contributed by atoms with Gasteiger partial charge in [0.15, 0.2) is 5.84 Å². The van der Waals surface area contributed by atoms with E-state index in [0.717, 1.165) is 30.0 Å². The molecule has 1 saturated heterocycles. The van der Waals surface area contributed by atoms with Crippen LogP contribution in [0.25, 0.3) is 0 Å². The molecule has 5 nitrogen and oxygen atoms in total. The predicted molar refractivity (Wildman–Crippen MR) is 115 cm³/mol. The number of rotatable bonds is 6. The Balaban J connectivity index is 1.89. The zero-order valence-electron chi connectivity index (χ0n) is 17.2. The summed E-state index contributed by atoms with van der Waals surface area (Å²) in [6, 6.07) is 14.5. The first-order valence-electron chi connectivity index (χ1n) is 10.2. The fourth-order valence-corrected chi connectivity index (χ4v) is 3.67. The molecule has 1 aliphatic heterocycles. The Kier molecular flexibility index (Phi) is 6.93. The number of nitrogens with zero attached hydrogens (tertiary/aromatic N) is 2. The number of hydrogen-bond acceptors (Lipinski definition) is 4. The highest BCUT2D eigenvalue weighted by molar-refractivity contribution is 6.01. The summed E-state index contributed by atoms with van der Waals surface area (Å²) in [5, 5.41) is 6.28. The molecular formula is C23H32N4O. The Bertz CT molecular complexity index is 796. The summed E-state index contributed by atoms with van der Waals surface area (Å²) in [5.74, 6) is 7.68. The number of nitrogens with one attached hydrogen (secondary N) is 1. The Morgan fingerprint density at radius 2 is 1.86 bits per heavy atom. The van der Waals surface area contributed by atoms with Gasteiger partial charge in [0.05, 0.1) is 5.56 Å². The standard InChI is InChI=1S/C23H32N4O/c1-17(2)20-15-21(23(25-24)26-27-12-8-5-9-13-27)22(14-18(20)3)28-16-19-10-6-4-7-11-19/h4,6-7,10-11,14-15,17H,5,8-9,12-13,16,24H2,1-3H3,(H,25,26). The molecule has 150 valence electrons. The monoisotopic (exact) mass is 380 g/mol. The second-order valence-electron chi connectivity index (χ2n) is 7.77. The summed E-state index contributed by atoms with van der Waals surface area (Å²) in [5.41, 5.74) is 7.97. The van der Waals surface area contributed by atoms with Crippen molar-refractivity contribution in [2.24, 2.45) is 10.9 Å². The van der Waals surface area contributed by atoms with Gasteiger partial charge in [-0.05, 0) is 54.5 Å². The number of hydrazine groups is 1. The third kappa shape index (κ3) is 5.04. The van der Waals surface area contributed by atoms with E-state index in [2.05, 4.69) is 60.6 Å². The van der Waals surface area contributed by atoms with Crippen LogP contribution in [0, 0.1) is 6.92 Å². The maximum Gasteiger partial charge on any atom is 0.171 e. The number of aryl methyl sites for hydroxylation is 1. The summed E-state index contributed by atoms with van der Waals surface area (Å²) in [6.07, 6.45) is 3.65. The molecule has 0 aromatic heterocycles. The fourth-order valence-electron chi connectivity index (χ4n) is 3.67. The predicted octanol–water partition coefficient (Wildman–Crippen LogP) is 4.31. The van der Waals surface area contributed by atoms with Crippen LogP contribution in [0.15, 0.2) is 47.6 Å². The van der Waals surface area contributed by atoms with Gasteiger partial charge in [0.25, 0.3) is 0 Å². The van der Waals surface area contributed by atoms with Crippen LogP contribution in [-0.4, -0.2) is 23.9 Å². The highest BCUT2D eigenvalue weighted by Crippen LogP contribution is 2.29. The fraction of sp³-hybridized carbons (Fsp3) is 0.435. The van der Waals surface area contributed by atoms with E-state index in [1.165, 1.54) is 30.4 Å². The molecule has 0 radical (unpaired) electrons. The summed E-state index contributed by atoms with van der Waals surface area (Å²) in [7, 11) is 0. The van der Waals surface area contributed by atoms with Crippen molar-refractivity contribution in [1.82, 2.24) is 10.4 Å². The molecular weight excluding hydrogens is 348 g/mol. The van der Waals surface area contributed by atoms with Gasteiger partial charge in [0.1, 0.15) is 12.4 Å². The summed E-state index contributed by atoms with van der Waals surface area (Å²) < 4.78 is 6.22. The molecule has 5 heteroatoms. The molecule has 1 aliphatic rings. The van der Waals surface area contributed by atoms with Crippen molar-refractivity contribution in [2.45, 2.75) is 52.6 Å². The minimum absolute atomic E-state index is 0.413. The molecule has 0 atom stereocenters. The van der Waals surface area contributed by atoms with Crippen molar-refractivity contribution in [3.8, 4) is 5.75 Å². The van der Waals surface area contributed by atoms with E-state index in [0.29, 0.717) is 18.4 Å². The quantitative estimate of drug-likeness (QED) is 0.339. The number of hydrazone groups is 1. The lowest BCUT2D eigenvalue weighted by Gasteiger charge is -2.29.